The lowest BCUT2D eigenvalue weighted by molar-refractivity contribution is 0.250. The van der Waals surface area contributed by atoms with Crippen LogP contribution < -0.4 is 5.56 Å². The molecule has 0 radical (unpaired) electrons. The number of benzene rings is 1. The molecule has 1 aromatic carbocycles. The second-order valence-electron chi connectivity index (χ2n) is 8.18. The maximum atomic E-state index is 12.9. The summed E-state index contributed by atoms with van der Waals surface area (Å²) in [5.41, 5.74) is 1.76. The zero-order valence-corrected chi connectivity index (χ0v) is 18.0. The third-order valence-electron chi connectivity index (χ3n) is 5.69. The van der Waals surface area contributed by atoms with E-state index in [4.69, 9.17) is 4.52 Å². The van der Waals surface area contributed by atoms with Gasteiger partial charge in [0.25, 0.3) is 5.56 Å². The van der Waals surface area contributed by atoms with Gasteiger partial charge < -0.3 is 4.52 Å². The predicted octanol–water partition coefficient (Wildman–Crippen LogP) is 2.75. The van der Waals surface area contributed by atoms with E-state index in [0.717, 1.165) is 11.1 Å². The van der Waals surface area contributed by atoms with Gasteiger partial charge in [-0.05, 0) is 36.8 Å². The third-order valence-corrected chi connectivity index (χ3v) is 7.48. The summed E-state index contributed by atoms with van der Waals surface area (Å²) >= 11 is 0. The van der Waals surface area contributed by atoms with Crippen molar-refractivity contribution in [1.82, 2.24) is 19.0 Å². The number of hydrogen-bond donors (Lipinski definition) is 0. The standard InChI is InChI=1S/C21H26N4O4S/c1-15(2)18-11-21(26)24(14-22-18)12-16-7-9-25(10-8-16)30(27,28)13-19-17-5-3-4-6-20(17)29-23-19/h3-6,11,14-16H,7-10,12-13H2,1-2H3. The molecule has 3 heterocycles. The van der Waals surface area contributed by atoms with Gasteiger partial charge in [-0.2, -0.15) is 0 Å². The molecule has 0 atom stereocenters. The molecular formula is C21H26N4O4S. The molecule has 1 saturated heterocycles. The quantitative estimate of drug-likeness (QED) is 0.596. The van der Waals surface area contributed by atoms with Crippen molar-refractivity contribution >= 4 is 21.0 Å². The molecule has 160 valence electrons. The Labute approximate surface area is 175 Å². The highest BCUT2D eigenvalue weighted by molar-refractivity contribution is 7.88. The van der Waals surface area contributed by atoms with Crippen LogP contribution in [0.15, 0.2) is 46.0 Å². The summed E-state index contributed by atoms with van der Waals surface area (Å²) in [5, 5.41) is 4.68. The Morgan fingerprint density at radius 1 is 1.20 bits per heavy atom. The van der Waals surface area contributed by atoms with E-state index in [1.165, 1.54) is 4.31 Å². The molecule has 0 saturated carbocycles. The summed E-state index contributed by atoms with van der Waals surface area (Å²) in [6.07, 6.45) is 3.02. The van der Waals surface area contributed by atoms with Crippen LogP contribution in [0.5, 0.6) is 0 Å². The number of para-hydroxylation sites is 1. The molecule has 0 bridgehead atoms. The number of sulfonamides is 1. The molecule has 1 aliphatic heterocycles. The van der Waals surface area contributed by atoms with E-state index in [1.807, 2.05) is 32.0 Å². The number of nitrogens with zero attached hydrogens (tertiary/aromatic N) is 4. The van der Waals surface area contributed by atoms with Crippen LogP contribution in [0.2, 0.25) is 0 Å². The molecular weight excluding hydrogens is 404 g/mol. The largest absolute Gasteiger partial charge is 0.356 e. The molecule has 0 spiro atoms. The minimum atomic E-state index is -3.49. The van der Waals surface area contributed by atoms with Gasteiger partial charge in [0.2, 0.25) is 10.0 Å². The second kappa shape index (κ2) is 8.31. The van der Waals surface area contributed by atoms with E-state index in [-0.39, 0.29) is 23.1 Å². The summed E-state index contributed by atoms with van der Waals surface area (Å²) in [6, 6.07) is 8.85. The van der Waals surface area contributed by atoms with Gasteiger partial charge in [0.15, 0.2) is 5.58 Å². The Kier molecular flexibility index (Phi) is 5.75. The molecule has 9 heteroatoms. The lowest BCUT2D eigenvalue weighted by atomic mass is 9.98. The highest BCUT2D eigenvalue weighted by Gasteiger charge is 2.30. The van der Waals surface area contributed by atoms with Gasteiger partial charge in [0, 0.05) is 31.1 Å². The summed E-state index contributed by atoms with van der Waals surface area (Å²) in [7, 11) is -3.49. The minimum absolute atomic E-state index is 0.0540. The van der Waals surface area contributed by atoms with Crippen molar-refractivity contribution in [2.75, 3.05) is 13.1 Å². The fourth-order valence-electron chi connectivity index (χ4n) is 3.85. The summed E-state index contributed by atoms with van der Waals surface area (Å²) in [6.45, 7) is 5.45. The van der Waals surface area contributed by atoms with Gasteiger partial charge in [0.1, 0.15) is 11.4 Å². The summed E-state index contributed by atoms with van der Waals surface area (Å²) in [4.78, 5) is 16.7. The lowest BCUT2D eigenvalue weighted by Gasteiger charge is -2.31. The van der Waals surface area contributed by atoms with Gasteiger partial charge in [0.05, 0.1) is 12.0 Å². The zero-order valence-electron chi connectivity index (χ0n) is 17.2. The molecule has 0 amide bonds. The van der Waals surface area contributed by atoms with Crippen LogP contribution in [-0.2, 0) is 22.3 Å². The Morgan fingerprint density at radius 2 is 1.93 bits per heavy atom. The first-order chi connectivity index (χ1) is 14.3. The fraction of sp³-hybridized carbons (Fsp3) is 0.476. The molecule has 1 fully saturated rings. The summed E-state index contributed by atoms with van der Waals surface area (Å²) < 4.78 is 34.2. The number of rotatable bonds is 6. The maximum absolute atomic E-state index is 12.9. The minimum Gasteiger partial charge on any atom is -0.356 e. The Bertz CT molecular complexity index is 1190. The first kappa shape index (κ1) is 20.7. The highest BCUT2D eigenvalue weighted by Crippen LogP contribution is 2.25. The van der Waals surface area contributed by atoms with Gasteiger partial charge in [-0.15, -0.1) is 0 Å². The predicted molar refractivity (Wildman–Crippen MR) is 114 cm³/mol. The van der Waals surface area contributed by atoms with E-state index in [0.29, 0.717) is 43.8 Å². The third kappa shape index (κ3) is 4.32. The van der Waals surface area contributed by atoms with Crippen LogP contribution in [0, 0.1) is 5.92 Å². The van der Waals surface area contributed by atoms with Crippen LogP contribution in [-0.4, -0.2) is 40.5 Å². The monoisotopic (exact) mass is 430 g/mol. The number of aromatic nitrogens is 3. The van der Waals surface area contributed by atoms with Gasteiger partial charge in [-0.25, -0.2) is 17.7 Å². The second-order valence-corrected chi connectivity index (χ2v) is 10.2. The Hall–Kier alpha value is -2.52. The van der Waals surface area contributed by atoms with Crippen LogP contribution in [0.4, 0.5) is 0 Å². The van der Waals surface area contributed by atoms with Gasteiger partial charge in [-0.1, -0.05) is 31.1 Å². The zero-order chi connectivity index (χ0) is 21.3. The molecule has 2 aromatic heterocycles. The average molecular weight is 431 g/mol. The van der Waals surface area contributed by atoms with Crippen molar-refractivity contribution < 1.29 is 12.9 Å². The fourth-order valence-corrected chi connectivity index (χ4v) is 5.35. The maximum Gasteiger partial charge on any atom is 0.253 e. The van der Waals surface area contributed by atoms with E-state index in [2.05, 4.69) is 10.1 Å². The van der Waals surface area contributed by atoms with Crippen molar-refractivity contribution in [3.8, 4) is 0 Å². The van der Waals surface area contributed by atoms with Crippen molar-refractivity contribution in [2.45, 2.75) is 44.9 Å². The molecule has 0 unspecified atom stereocenters. The lowest BCUT2D eigenvalue weighted by Crippen LogP contribution is -2.40. The summed E-state index contributed by atoms with van der Waals surface area (Å²) in [5.74, 6) is 0.283. The van der Waals surface area contributed by atoms with Crippen LogP contribution in [0.25, 0.3) is 11.0 Å². The molecule has 1 aliphatic rings. The molecule has 0 N–H and O–H groups in total. The Balaban J connectivity index is 1.38. The molecule has 30 heavy (non-hydrogen) atoms. The molecule has 0 aliphatic carbocycles. The van der Waals surface area contributed by atoms with Crippen molar-refractivity contribution in [2.24, 2.45) is 5.92 Å². The van der Waals surface area contributed by atoms with Crippen LogP contribution >= 0.6 is 0 Å². The van der Waals surface area contributed by atoms with Crippen molar-refractivity contribution in [1.29, 1.82) is 0 Å². The van der Waals surface area contributed by atoms with Crippen LogP contribution in [0.3, 0.4) is 0 Å². The van der Waals surface area contributed by atoms with Gasteiger partial charge >= 0.3 is 0 Å². The molecule has 8 nitrogen and oxygen atoms in total. The van der Waals surface area contributed by atoms with E-state index < -0.39 is 10.0 Å². The van der Waals surface area contributed by atoms with Crippen molar-refractivity contribution in [3.63, 3.8) is 0 Å². The number of fused-ring (bicyclic) bond motifs is 1. The SMILES string of the molecule is CC(C)c1cc(=O)n(CC2CCN(S(=O)(=O)Cc3noc4ccccc34)CC2)cn1. The molecule has 4 rings (SSSR count). The first-order valence-corrected chi connectivity index (χ1v) is 11.8. The smallest absolute Gasteiger partial charge is 0.253 e. The topological polar surface area (TPSA) is 98.3 Å². The van der Waals surface area contributed by atoms with Crippen molar-refractivity contribution in [3.05, 3.63) is 58.4 Å². The average Bonchev–Trinajstić information content (AvgIpc) is 3.12. The van der Waals surface area contributed by atoms with E-state index >= 15 is 0 Å². The highest BCUT2D eigenvalue weighted by atomic mass is 32.2. The Morgan fingerprint density at radius 3 is 2.63 bits per heavy atom. The van der Waals surface area contributed by atoms with Crippen LogP contribution in [0.1, 0.15) is 44.0 Å². The number of piperidine rings is 1. The normalized spacial score (nSPS) is 16.5. The van der Waals surface area contributed by atoms with Gasteiger partial charge in [-0.3, -0.25) is 9.36 Å². The van der Waals surface area contributed by atoms with E-state index in [9.17, 15) is 13.2 Å². The first-order valence-electron chi connectivity index (χ1n) is 10.2. The van der Waals surface area contributed by atoms with E-state index in [1.54, 1.807) is 23.0 Å². The molecule has 3 aromatic rings. The number of hydrogen-bond acceptors (Lipinski definition) is 6.